The molecule has 1 atom stereocenters. The van der Waals surface area contributed by atoms with Gasteiger partial charge in [0.25, 0.3) is 0 Å². The Morgan fingerprint density at radius 1 is 0.857 bits per heavy atom. The molecule has 2 aromatic rings. The van der Waals surface area contributed by atoms with Crippen LogP contribution in [0.15, 0.2) is 42.5 Å². The van der Waals surface area contributed by atoms with Crippen molar-refractivity contribution in [3.8, 4) is 5.75 Å². The lowest BCUT2D eigenvalue weighted by atomic mass is 9.70. The largest absolute Gasteiger partial charge is 0.543 e. The SMILES string of the molecule is CCC(CC)(c1ccc(/C=C\C(O)C(C)(C)C)c(C)c1)c1ccc(O[Si](C)(C)C(C)(C)C)c(C)c1. The normalized spacial score (nSPS) is 14.4. The molecule has 2 nitrogen and oxygen atoms in total. The molecule has 2 rings (SSSR count). The molecule has 0 spiro atoms. The standard InChI is InChI=1S/C32H50O2Si/c1-13-32(14-2,26-17-15-25(23(3)21-26)16-20-29(33)30(5,6)7)27-18-19-28(24(4)22-27)34-35(11,12)31(8,9)10/h15-22,29,33H,13-14H2,1-12H3/b20-16-. The number of aliphatic hydroxyl groups is 1. The summed E-state index contributed by atoms with van der Waals surface area (Å²) in [5.41, 5.74) is 6.11. The predicted octanol–water partition coefficient (Wildman–Crippen LogP) is 9.21. The quantitative estimate of drug-likeness (QED) is 0.371. The van der Waals surface area contributed by atoms with Crippen LogP contribution >= 0.6 is 0 Å². The minimum atomic E-state index is -1.89. The summed E-state index contributed by atoms with van der Waals surface area (Å²) in [4.78, 5) is 0. The molecule has 0 amide bonds. The molecule has 35 heavy (non-hydrogen) atoms. The Bertz CT molecular complexity index is 1030. The summed E-state index contributed by atoms with van der Waals surface area (Å²) in [5.74, 6) is 1.02. The van der Waals surface area contributed by atoms with E-state index in [2.05, 4.69) is 125 Å². The van der Waals surface area contributed by atoms with Crippen LogP contribution in [0.2, 0.25) is 18.1 Å². The van der Waals surface area contributed by atoms with Crippen molar-refractivity contribution >= 4 is 14.4 Å². The smallest absolute Gasteiger partial charge is 0.250 e. The summed E-state index contributed by atoms with van der Waals surface area (Å²) in [6.07, 6.45) is 5.57. The van der Waals surface area contributed by atoms with Gasteiger partial charge in [0.15, 0.2) is 0 Å². The lowest BCUT2D eigenvalue weighted by Gasteiger charge is -2.38. The zero-order valence-electron chi connectivity index (χ0n) is 24.5. The van der Waals surface area contributed by atoms with E-state index in [0.29, 0.717) is 0 Å². The molecule has 0 aliphatic heterocycles. The topological polar surface area (TPSA) is 29.5 Å². The molecular formula is C32H50O2Si. The van der Waals surface area contributed by atoms with Gasteiger partial charge in [0.2, 0.25) is 8.32 Å². The van der Waals surface area contributed by atoms with E-state index >= 15 is 0 Å². The van der Waals surface area contributed by atoms with E-state index in [4.69, 9.17) is 4.43 Å². The zero-order chi connectivity index (χ0) is 26.8. The van der Waals surface area contributed by atoms with Crippen molar-refractivity contribution in [1.29, 1.82) is 0 Å². The average molecular weight is 495 g/mol. The third-order valence-corrected chi connectivity index (χ3v) is 12.6. The maximum absolute atomic E-state index is 10.4. The highest BCUT2D eigenvalue weighted by Gasteiger charge is 2.39. The maximum atomic E-state index is 10.4. The Kier molecular flexibility index (Phi) is 8.94. The zero-order valence-corrected chi connectivity index (χ0v) is 25.5. The molecule has 0 aromatic heterocycles. The second-order valence-corrected chi connectivity index (χ2v) is 17.6. The number of hydrogen-bond donors (Lipinski definition) is 1. The Hall–Kier alpha value is -1.84. The maximum Gasteiger partial charge on any atom is 0.250 e. The molecule has 0 aliphatic rings. The van der Waals surface area contributed by atoms with Crippen LogP contribution in [-0.2, 0) is 5.41 Å². The Balaban J connectivity index is 2.45. The summed E-state index contributed by atoms with van der Waals surface area (Å²) in [6, 6.07) is 13.6. The van der Waals surface area contributed by atoms with Gasteiger partial charge in [-0.15, -0.1) is 0 Å². The lowest BCUT2D eigenvalue weighted by Crippen LogP contribution is -2.44. The monoisotopic (exact) mass is 494 g/mol. The Morgan fingerprint density at radius 3 is 1.80 bits per heavy atom. The van der Waals surface area contributed by atoms with Crippen LogP contribution < -0.4 is 4.43 Å². The van der Waals surface area contributed by atoms with Crippen LogP contribution in [0.25, 0.3) is 6.08 Å². The van der Waals surface area contributed by atoms with Crippen molar-refractivity contribution in [2.24, 2.45) is 5.41 Å². The molecule has 0 aliphatic carbocycles. The van der Waals surface area contributed by atoms with Gasteiger partial charge in [-0.3, -0.25) is 0 Å². The van der Waals surface area contributed by atoms with Crippen LogP contribution in [0, 0.1) is 19.3 Å². The second-order valence-electron chi connectivity index (χ2n) is 12.9. The summed E-state index contributed by atoms with van der Waals surface area (Å²) in [7, 11) is -1.89. The van der Waals surface area contributed by atoms with Gasteiger partial charge in [-0.1, -0.05) is 97.9 Å². The molecule has 0 saturated carbocycles. The van der Waals surface area contributed by atoms with Crippen LogP contribution in [0.4, 0.5) is 0 Å². The number of rotatable bonds is 8. The van der Waals surface area contributed by atoms with Crippen LogP contribution in [-0.4, -0.2) is 19.5 Å². The van der Waals surface area contributed by atoms with Gasteiger partial charge in [-0.25, -0.2) is 0 Å². The minimum absolute atomic E-state index is 0.0435. The van der Waals surface area contributed by atoms with Gasteiger partial charge >= 0.3 is 0 Å². The van der Waals surface area contributed by atoms with Crippen molar-refractivity contribution in [3.63, 3.8) is 0 Å². The number of benzene rings is 2. The van der Waals surface area contributed by atoms with E-state index in [9.17, 15) is 5.11 Å². The molecule has 3 heteroatoms. The van der Waals surface area contributed by atoms with Crippen molar-refractivity contribution in [3.05, 3.63) is 70.3 Å². The summed E-state index contributed by atoms with van der Waals surface area (Å²) in [5, 5.41) is 10.6. The molecule has 0 radical (unpaired) electrons. The highest BCUT2D eigenvalue weighted by atomic mass is 28.4. The fourth-order valence-electron chi connectivity index (χ4n) is 4.37. The average Bonchev–Trinajstić information content (AvgIpc) is 2.74. The summed E-state index contributed by atoms with van der Waals surface area (Å²) in [6.45, 7) is 26.6. The van der Waals surface area contributed by atoms with E-state index in [1.165, 1.54) is 22.3 Å². The van der Waals surface area contributed by atoms with Crippen LogP contribution in [0.1, 0.15) is 96.0 Å². The highest BCUT2D eigenvalue weighted by molar-refractivity contribution is 6.74. The van der Waals surface area contributed by atoms with Crippen LogP contribution in [0.3, 0.4) is 0 Å². The van der Waals surface area contributed by atoms with E-state index in [0.717, 1.165) is 24.2 Å². The molecule has 0 heterocycles. The van der Waals surface area contributed by atoms with E-state index in [1.54, 1.807) is 0 Å². The Labute approximate surface area is 217 Å². The molecule has 0 bridgehead atoms. The minimum Gasteiger partial charge on any atom is -0.543 e. The first-order chi connectivity index (χ1) is 16.0. The predicted molar refractivity (Wildman–Crippen MR) is 156 cm³/mol. The fourth-order valence-corrected chi connectivity index (χ4v) is 5.45. The summed E-state index contributed by atoms with van der Waals surface area (Å²) >= 11 is 0. The van der Waals surface area contributed by atoms with E-state index in [-0.39, 0.29) is 15.9 Å². The summed E-state index contributed by atoms with van der Waals surface area (Å²) < 4.78 is 6.65. The van der Waals surface area contributed by atoms with Gasteiger partial charge in [0.1, 0.15) is 5.75 Å². The van der Waals surface area contributed by atoms with Gasteiger partial charge < -0.3 is 9.53 Å². The number of aryl methyl sites for hydroxylation is 2. The number of aliphatic hydroxyl groups excluding tert-OH is 1. The van der Waals surface area contributed by atoms with Gasteiger partial charge in [0.05, 0.1) is 6.10 Å². The van der Waals surface area contributed by atoms with E-state index in [1.807, 2.05) is 6.08 Å². The van der Waals surface area contributed by atoms with Crippen molar-refractivity contribution in [1.82, 2.24) is 0 Å². The van der Waals surface area contributed by atoms with Gasteiger partial charge in [0, 0.05) is 5.41 Å². The molecule has 0 fully saturated rings. The molecule has 1 N–H and O–H groups in total. The first-order valence-corrected chi connectivity index (χ1v) is 16.2. The second kappa shape index (κ2) is 10.6. The lowest BCUT2D eigenvalue weighted by molar-refractivity contribution is 0.106. The Morgan fingerprint density at radius 2 is 1.37 bits per heavy atom. The van der Waals surface area contributed by atoms with Crippen LogP contribution in [0.5, 0.6) is 5.75 Å². The molecule has 0 saturated heterocycles. The molecule has 2 aromatic carbocycles. The van der Waals surface area contributed by atoms with Gasteiger partial charge in [-0.2, -0.15) is 0 Å². The van der Waals surface area contributed by atoms with Crippen molar-refractivity contribution in [2.75, 3.05) is 0 Å². The first-order valence-electron chi connectivity index (χ1n) is 13.3. The first kappa shape index (κ1) is 29.4. The molecule has 194 valence electrons. The molecule has 1 unspecified atom stereocenters. The fraction of sp³-hybridized carbons (Fsp3) is 0.562. The van der Waals surface area contributed by atoms with Crippen molar-refractivity contribution in [2.45, 2.75) is 112 Å². The van der Waals surface area contributed by atoms with Crippen molar-refractivity contribution < 1.29 is 9.53 Å². The third-order valence-electron chi connectivity index (χ3n) is 8.27. The van der Waals surface area contributed by atoms with E-state index < -0.39 is 14.4 Å². The number of hydrogen-bond acceptors (Lipinski definition) is 2. The highest BCUT2D eigenvalue weighted by Crippen LogP contribution is 2.43. The molecular weight excluding hydrogens is 444 g/mol. The van der Waals surface area contributed by atoms with Gasteiger partial charge in [-0.05, 0) is 84.1 Å². The third kappa shape index (κ3) is 6.48.